The van der Waals surface area contributed by atoms with E-state index in [4.69, 9.17) is 23.1 Å². The lowest BCUT2D eigenvalue weighted by Gasteiger charge is -2.48. The molecule has 7 nitrogen and oxygen atoms in total. The second-order valence-electron chi connectivity index (χ2n) is 14.2. The molecule has 1 aromatic rings. The predicted molar refractivity (Wildman–Crippen MR) is 166 cm³/mol. The van der Waals surface area contributed by atoms with Crippen LogP contribution in [0.3, 0.4) is 0 Å². The zero-order chi connectivity index (χ0) is 30.4. The van der Waals surface area contributed by atoms with Gasteiger partial charge in [0.15, 0.2) is 22.9 Å². The number of nitrogens with zero attached hydrogens (tertiary/aromatic N) is 1. The molecule has 9 heteroatoms. The number of pyridine rings is 1. The van der Waals surface area contributed by atoms with Crippen LogP contribution < -0.4 is 0 Å². The number of aromatic nitrogens is 1. The van der Waals surface area contributed by atoms with Gasteiger partial charge in [-0.05, 0) is 80.6 Å². The van der Waals surface area contributed by atoms with Crippen molar-refractivity contribution in [1.82, 2.24) is 4.98 Å². The molecule has 2 rings (SSSR count). The van der Waals surface area contributed by atoms with E-state index in [1.807, 2.05) is 25.1 Å². The van der Waals surface area contributed by atoms with Crippen LogP contribution in [0.1, 0.15) is 80.2 Å². The van der Waals surface area contributed by atoms with Gasteiger partial charge in [0.1, 0.15) is 6.61 Å². The topological polar surface area (TPSA) is 76.1 Å². The van der Waals surface area contributed by atoms with E-state index in [9.17, 15) is 4.79 Å². The first-order valence-corrected chi connectivity index (χ1v) is 20.5. The average molecular weight is 594 g/mol. The smallest absolute Gasteiger partial charge is 0.330 e. The third kappa shape index (κ3) is 10.5. The summed E-state index contributed by atoms with van der Waals surface area (Å²) in [6, 6.07) is 3.65. The van der Waals surface area contributed by atoms with Crippen LogP contribution >= 0.6 is 0 Å². The highest BCUT2D eigenvalue weighted by Gasteiger charge is 2.48. The van der Waals surface area contributed by atoms with Crippen LogP contribution in [0.2, 0.25) is 36.3 Å². The monoisotopic (exact) mass is 593 g/mol. The van der Waals surface area contributed by atoms with E-state index in [-0.39, 0.29) is 47.1 Å². The first kappa shape index (κ1) is 34.8. The minimum atomic E-state index is -2.08. The lowest BCUT2D eigenvalue weighted by molar-refractivity contribution is -0.268. The molecule has 1 aromatic heterocycles. The van der Waals surface area contributed by atoms with Gasteiger partial charge in [0, 0.05) is 24.9 Å². The SMILES string of the molecule is CC(CC/C=C/C(=O)OCc1ccncc1)O[C@@H]1O[C@@H](C)[C@H](O[Si](C)(C)C(C)(C)C)C[C@H]1O[Si](C)(C)C(C)(C)C. The van der Waals surface area contributed by atoms with Crippen LogP contribution in [-0.2, 0) is 34.5 Å². The van der Waals surface area contributed by atoms with Crippen molar-refractivity contribution >= 4 is 22.6 Å². The summed E-state index contributed by atoms with van der Waals surface area (Å²) in [5.74, 6) is -0.356. The van der Waals surface area contributed by atoms with E-state index in [2.05, 4.69) is 79.6 Å². The molecule has 0 spiro atoms. The molecule has 0 N–H and O–H groups in total. The highest BCUT2D eigenvalue weighted by Crippen LogP contribution is 2.42. The van der Waals surface area contributed by atoms with Crippen molar-refractivity contribution in [3.8, 4) is 0 Å². The molecular weight excluding hydrogens is 539 g/mol. The highest BCUT2D eigenvalue weighted by molar-refractivity contribution is 6.74. The zero-order valence-corrected chi connectivity index (χ0v) is 29.1. The van der Waals surface area contributed by atoms with Gasteiger partial charge < -0.3 is 23.1 Å². The highest BCUT2D eigenvalue weighted by atomic mass is 28.4. The molecule has 1 unspecified atom stereocenters. The Hall–Kier alpha value is -1.37. The molecule has 0 amide bonds. The summed E-state index contributed by atoms with van der Waals surface area (Å²) in [5.41, 5.74) is 0.909. The van der Waals surface area contributed by atoms with Gasteiger partial charge in [0.25, 0.3) is 0 Å². The van der Waals surface area contributed by atoms with Gasteiger partial charge in [-0.3, -0.25) is 4.98 Å². The van der Waals surface area contributed by atoms with Crippen LogP contribution in [-0.4, -0.2) is 58.3 Å². The van der Waals surface area contributed by atoms with Crippen LogP contribution in [0.4, 0.5) is 0 Å². The van der Waals surface area contributed by atoms with Gasteiger partial charge in [0.2, 0.25) is 0 Å². The Morgan fingerprint density at radius 2 is 1.57 bits per heavy atom. The van der Waals surface area contributed by atoms with Crippen LogP contribution in [0.25, 0.3) is 0 Å². The number of esters is 1. The lowest BCUT2D eigenvalue weighted by atomic mass is 10.0. The number of rotatable bonds is 12. The summed E-state index contributed by atoms with van der Waals surface area (Å²) in [5, 5.41) is 0.183. The lowest BCUT2D eigenvalue weighted by Crippen LogP contribution is -2.57. The number of ether oxygens (including phenoxy) is 3. The maximum absolute atomic E-state index is 12.1. The second kappa shape index (κ2) is 14.2. The standard InChI is InChI=1S/C31H55NO6Si2/c1-23(15-13-14-16-28(33)34-22-25-17-19-32-20-18-25)35-29-27(38-40(11,12)31(6,7)8)21-26(24(2)36-29)37-39(9,10)30(3,4)5/h14,16-20,23-24,26-27,29H,13,15,21-22H2,1-12H3/b16-14+/t23?,24-,26+,27+,29+/m0/s1. The minimum absolute atomic E-state index is 0.0353. The summed E-state index contributed by atoms with van der Waals surface area (Å²) < 4.78 is 32.0. The normalized spacial score (nSPS) is 23.8. The first-order chi connectivity index (χ1) is 18.3. The molecule has 2 heterocycles. The maximum Gasteiger partial charge on any atom is 0.330 e. The van der Waals surface area contributed by atoms with Gasteiger partial charge in [-0.25, -0.2) is 4.79 Å². The van der Waals surface area contributed by atoms with Gasteiger partial charge >= 0.3 is 5.97 Å². The van der Waals surface area contributed by atoms with Crippen molar-refractivity contribution in [2.75, 3.05) is 0 Å². The molecule has 1 saturated heterocycles. The molecule has 0 saturated carbocycles. The minimum Gasteiger partial charge on any atom is -0.458 e. The number of hydrogen-bond donors (Lipinski definition) is 0. The second-order valence-corrected chi connectivity index (χ2v) is 23.7. The zero-order valence-electron chi connectivity index (χ0n) is 27.1. The molecule has 1 aliphatic heterocycles. The summed E-state index contributed by atoms with van der Waals surface area (Å²) >= 11 is 0. The molecule has 228 valence electrons. The Kier molecular flexibility index (Phi) is 12.4. The quantitative estimate of drug-likeness (QED) is 0.139. The Morgan fingerprint density at radius 3 is 2.12 bits per heavy atom. The van der Waals surface area contributed by atoms with Crippen molar-refractivity contribution in [1.29, 1.82) is 0 Å². The van der Waals surface area contributed by atoms with Gasteiger partial charge in [-0.1, -0.05) is 47.6 Å². The van der Waals surface area contributed by atoms with Crippen molar-refractivity contribution < 1.29 is 27.9 Å². The van der Waals surface area contributed by atoms with Crippen molar-refractivity contribution in [3.05, 3.63) is 42.2 Å². The van der Waals surface area contributed by atoms with E-state index in [1.54, 1.807) is 12.4 Å². The fourth-order valence-electron chi connectivity index (χ4n) is 3.89. The van der Waals surface area contributed by atoms with Gasteiger partial charge in [-0.15, -0.1) is 0 Å². The van der Waals surface area contributed by atoms with Crippen LogP contribution in [0.15, 0.2) is 36.7 Å². The summed E-state index contributed by atoms with van der Waals surface area (Å²) in [6.07, 6.45) is 8.01. The summed E-state index contributed by atoms with van der Waals surface area (Å²) in [4.78, 5) is 16.0. The molecule has 0 bridgehead atoms. The molecule has 1 aliphatic rings. The van der Waals surface area contributed by atoms with E-state index in [0.717, 1.165) is 18.4 Å². The first-order valence-electron chi connectivity index (χ1n) is 14.7. The molecular formula is C31H55NO6Si2. The van der Waals surface area contributed by atoms with E-state index >= 15 is 0 Å². The third-order valence-corrected chi connectivity index (χ3v) is 17.6. The fraction of sp³-hybridized carbons (Fsp3) is 0.742. The molecule has 40 heavy (non-hydrogen) atoms. The number of allylic oxidation sites excluding steroid dienone is 1. The summed E-state index contributed by atoms with van der Waals surface area (Å²) in [7, 11) is -4.06. The Labute approximate surface area is 245 Å². The Bertz CT molecular complexity index is 955. The fourth-order valence-corrected chi connectivity index (χ4v) is 6.60. The van der Waals surface area contributed by atoms with Gasteiger partial charge in [-0.2, -0.15) is 0 Å². The van der Waals surface area contributed by atoms with Crippen molar-refractivity contribution in [2.24, 2.45) is 0 Å². The number of carbonyl (C=O) groups excluding carboxylic acids is 1. The van der Waals surface area contributed by atoms with Crippen molar-refractivity contribution in [3.63, 3.8) is 0 Å². The number of hydrogen-bond acceptors (Lipinski definition) is 7. The van der Waals surface area contributed by atoms with E-state index < -0.39 is 22.9 Å². The van der Waals surface area contributed by atoms with E-state index in [1.165, 1.54) is 6.08 Å². The molecule has 5 atom stereocenters. The maximum atomic E-state index is 12.1. The number of carbonyl (C=O) groups is 1. The van der Waals surface area contributed by atoms with Crippen molar-refractivity contribution in [2.45, 2.75) is 148 Å². The molecule has 0 aliphatic carbocycles. The predicted octanol–water partition coefficient (Wildman–Crippen LogP) is 7.78. The summed E-state index contributed by atoms with van der Waals surface area (Å²) in [6.45, 7) is 27.0. The molecule has 0 radical (unpaired) electrons. The molecule has 0 aromatic carbocycles. The third-order valence-electron chi connectivity index (χ3n) is 8.64. The van der Waals surface area contributed by atoms with Gasteiger partial charge in [0.05, 0.1) is 24.4 Å². The van der Waals surface area contributed by atoms with Crippen LogP contribution in [0, 0.1) is 0 Å². The van der Waals surface area contributed by atoms with E-state index in [0.29, 0.717) is 6.42 Å². The Morgan fingerprint density at radius 1 is 1.02 bits per heavy atom. The average Bonchev–Trinajstić information content (AvgIpc) is 2.82. The van der Waals surface area contributed by atoms with Crippen LogP contribution in [0.5, 0.6) is 0 Å². The Balaban J connectivity index is 2.00. The molecule has 1 fully saturated rings. The largest absolute Gasteiger partial charge is 0.458 e.